The predicted octanol–water partition coefficient (Wildman–Crippen LogP) is 6.51. The summed E-state index contributed by atoms with van der Waals surface area (Å²) in [5.74, 6) is -1.02. The smallest absolute Gasteiger partial charge is 0.210 e. The van der Waals surface area contributed by atoms with E-state index in [0.29, 0.717) is 20.1 Å². The molecule has 3 heterocycles. The number of hydrogen-bond acceptors (Lipinski definition) is 3. The van der Waals surface area contributed by atoms with Crippen molar-refractivity contribution in [3.05, 3.63) is 92.2 Å². The van der Waals surface area contributed by atoms with E-state index in [-0.39, 0.29) is 22.0 Å². The van der Waals surface area contributed by atoms with Crippen LogP contribution in [0.4, 0.5) is 23.6 Å². The van der Waals surface area contributed by atoms with Crippen molar-refractivity contribution >= 4 is 37.5 Å². The van der Waals surface area contributed by atoms with Crippen molar-refractivity contribution in [2.45, 2.75) is 13.8 Å². The van der Waals surface area contributed by atoms with Crippen molar-refractivity contribution < 1.29 is 17.9 Å². The van der Waals surface area contributed by atoms with Gasteiger partial charge in [-0.1, -0.05) is 0 Å². The molecule has 4 nitrogen and oxygen atoms in total. The van der Waals surface area contributed by atoms with Gasteiger partial charge in [-0.3, -0.25) is 19.7 Å². The maximum Gasteiger partial charge on any atom is 0.210 e. The van der Waals surface area contributed by atoms with E-state index in [1.165, 1.54) is 24.7 Å². The van der Waals surface area contributed by atoms with Crippen molar-refractivity contribution in [2.75, 3.05) is 0 Å². The fourth-order valence-electron chi connectivity index (χ4n) is 1.46. The summed E-state index contributed by atoms with van der Waals surface area (Å²) in [5, 5.41) is 0. The lowest BCUT2D eigenvalue weighted by atomic mass is 10.2. The molecule has 3 aromatic rings. The molecule has 0 N–H and O–H groups in total. The largest absolute Gasteiger partial charge is 0.273 e. The molecule has 3 rings (SSSR count). The van der Waals surface area contributed by atoms with Crippen LogP contribution in [0.3, 0.4) is 0 Å². The van der Waals surface area contributed by atoms with Crippen LogP contribution in [-0.2, 0) is 0 Å². The standard InChI is InChI=1S/C7H5FN2.C6H5BrFN.C5H3BrFN.FH/c1-5-6(8)3-10-4-7(5)9-2;1-4-5(7)2-9-3-6(4)8;6-4-1-5(7)3-8-2-4;/h3-4H,1H3;2-3H,1H3;1-3H;1H. The Morgan fingerprint density at radius 1 is 0.821 bits per heavy atom. The zero-order valence-corrected chi connectivity index (χ0v) is 17.8. The molecule has 148 valence electrons. The van der Waals surface area contributed by atoms with E-state index in [0.717, 1.165) is 12.4 Å². The topological polar surface area (TPSA) is 43.0 Å². The summed E-state index contributed by atoms with van der Waals surface area (Å²) in [6.07, 6.45) is 7.90. The van der Waals surface area contributed by atoms with E-state index in [1.54, 1.807) is 20.0 Å². The zero-order chi connectivity index (χ0) is 20.4. The van der Waals surface area contributed by atoms with Gasteiger partial charge in [-0.15, -0.1) is 0 Å². The van der Waals surface area contributed by atoms with E-state index in [2.05, 4.69) is 51.7 Å². The van der Waals surface area contributed by atoms with Crippen LogP contribution in [-0.4, -0.2) is 15.0 Å². The van der Waals surface area contributed by atoms with Gasteiger partial charge >= 0.3 is 0 Å². The quantitative estimate of drug-likeness (QED) is 0.250. The highest BCUT2D eigenvalue weighted by atomic mass is 79.9. The summed E-state index contributed by atoms with van der Waals surface area (Å²) in [7, 11) is 0. The fraction of sp³-hybridized carbons (Fsp3) is 0.111. The lowest BCUT2D eigenvalue weighted by molar-refractivity contribution is 0.610. The first kappa shape index (κ1) is 25.6. The first-order chi connectivity index (χ1) is 12.8. The lowest BCUT2D eigenvalue weighted by Gasteiger charge is -1.94. The maximum atomic E-state index is 12.6. The second-order valence-corrected chi connectivity index (χ2v) is 6.70. The molecule has 0 bridgehead atoms. The molecule has 0 unspecified atom stereocenters. The van der Waals surface area contributed by atoms with Gasteiger partial charge in [-0.2, -0.15) is 0 Å². The summed E-state index contributed by atoms with van der Waals surface area (Å²) in [5.41, 5.74) is 1.25. The lowest BCUT2D eigenvalue weighted by Crippen LogP contribution is -1.84. The number of aromatic nitrogens is 3. The van der Waals surface area contributed by atoms with E-state index < -0.39 is 5.82 Å². The first-order valence-corrected chi connectivity index (χ1v) is 8.84. The molecule has 10 heteroatoms. The highest BCUT2D eigenvalue weighted by molar-refractivity contribution is 9.10. The highest BCUT2D eigenvalue weighted by Gasteiger charge is 2.01. The fourth-order valence-corrected chi connectivity index (χ4v) is 2.11. The van der Waals surface area contributed by atoms with Gasteiger partial charge in [-0.05, 0) is 57.3 Å². The normalized spacial score (nSPS) is 8.93. The van der Waals surface area contributed by atoms with Gasteiger partial charge in [0.25, 0.3) is 0 Å². The third kappa shape index (κ3) is 8.54. The molecule has 0 aliphatic carbocycles. The van der Waals surface area contributed by atoms with Gasteiger partial charge in [0.05, 0.1) is 25.2 Å². The molecule has 0 aliphatic heterocycles. The van der Waals surface area contributed by atoms with E-state index in [1.807, 2.05) is 0 Å². The Kier molecular flexibility index (Phi) is 11.8. The third-order valence-electron chi connectivity index (χ3n) is 3.01. The summed E-state index contributed by atoms with van der Waals surface area (Å²) in [6, 6.07) is 1.35. The molecular weight excluding hydrogens is 508 g/mol. The van der Waals surface area contributed by atoms with E-state index >= 15 is 0 Å². The SMILES string of the molecule is Cc1c(F)cncc1Br.F.Fc1cncc(Br)c1.[C-]#[N+]c1cncc(F)c1C. The first-order valence-electron chi connectivity index (χ1n) is 7.25. The number of nitrogens with zero attached hydrogens (tertiary/aromatic N) is 4. The van der Waals surface area contributed by atoms with Crippen molar-refractivity contribution in [3.63, 3.8) is 0 Å². The van der Waals surface area contributed by atoms with Crippen LogP contribution in [0.1, 0.15) is 11.1 Å². The van der Waals surface area contributed by atoms with Crippen molar-refractivity contribution in [3.8, 4) is 0 Å². The molecule has 0 fully saturated rings. The number of pyridine rings is 3. The van der Waals surface area contributed by atoms with Crippen molar-refractivity contribution in [2.24, 2.45) is 0 Å². The summed E-state index contributed by atoms with van der Waals surface area (Å²) in [4.78, 5) is 13.8. The zero-order valence-electron chi connectivity index (χ0n) is 14.6. The molecule has 0 amide bonds. The number of hydrogen-bond donors (Lipinski definition) is 0. The minimum Gasteiger partial charge on any atom is -0.273 e. The van der Waals surface area contributed by atoms with Crippen molar-refractivity contribution in [1.29, 1.82) is 0 Å². The molecule has 0 atom stereocenters. The molecule has 0 saturated heterocycles. The Bertz CT molecular complexity index is 912. The Labute approximate surface area is 176 Å². The Hall–Kier alpha value is -2.38. The Balaban J connectivity index is 0.000000386. The van der Waals surface area contributed by atoms with Crippen LogP contribution in [0.5, 0.6) is 0 Å². The molecule has 0 saturated carbocycles. The van der Waals surface area contributed by atoms with Gasteiger partial charge in [0.2, 0.25) is 5.69 Å². The van der Waals surface area contributed by atoms with E-state index in [4.69, 9.17) is 6.57 Å². The Morgan fingerprint density at radius 3 is 1.75 bits per heavy atom. The third-order valence-corrected chi connectivity index (χ3v) is 4.24. The molecule has 0 spiro atoms. The van der Waals surface area contributed by atoms with Gasteiger partial charge in [0, 0.05) is 33.1 Å². The molecule has 3 aromatic heterocycles. The summed E-state index contributed by atoms with van der Waals surface area (Å²) < 4.78 is 38.5. The second-order valence-electron chi connectivity index (χ2n) is 4.93. The minimum absolute atomic E-state index is 0. The maximum absolute atomic E-state index is 12.6. The Morgan fingerprint density at radius 2 is 1.36 bits per heavy atom. The molecular formula is C18H14Br2F4N4. The van der Waals surface area contributed by atoms with Gasteiger partial charge < -0.3 is 0 Å². The van der Waals surface area contributed by atoms with Crippen LogP contribution < -0.4 is 0 Å². The average molecular weight is 522 g/mol. The van der Waals surface area contributed by atoms with Crippen LogP contribution in [0, 0.1) is 37.9 Å². The summed E-state index contributed by atoms with van der Waals surface area (Å²) >= 11 is 6.20. The highest BCUT2D eigenvalue weighted by Crippen LogP contribution is 2.18. The van der Waals surface area contributed by atoms with Gasteiger partial charge in [0.1, 0.15) is 17.5 Å². The van der Waals surface area contributed by atoms with Crippen LogP contribution >= 0.6 is 31.9 Å². The molecule has 28 heavy (non-hydrogen) atoms. The predicted molar refractivity (Wildman–Crippen MR) is 106 cm³/mol. The molecule has 0 aromatic carbocycles. The molecule has 0 aliphatic rings. The van der Waals surface area contributed by atoms with Crippen molar-refractivity contribution in [1.82, 2.24) is 15.0 Å². The van der Waals surface area contributed by atoms with Gasteiger partial charge in [0.15, 0.2) is 0 Å². The summed E-state index contributed by atoms with van der Waals surface area (Å²) in [6.45, 7) is 9.85. The van der Waals surface area contributed by atoms with Crippen LogP contribution in [0.15, 0.2) is 52.2 Å². The minimum atomic E-state index is -0.423. The number of rotatable bonds is 0. The monoisotopic (exact) mass is 520 g/mol. The number of halogens is 6. The van der Waals surface area contributed by atoms with Crippen LogP contribution in [0.25, 0.3) is 4.85 Å². The van der Waals surface area contributed by atoms with Crippen LogP contribution in [0.2, 0.25) is 0 Å². The van der Waals surface area contributed by atoms with E-state index in [9.17, 15) is 13.2 Å². The molecule has 0 radical (unpaired) electrons. The van der Waals surface area contributed by atoms with Gasteiger partial charge in [-0.25, -0.2) is 18.0 Å². The second kappa shape index (κ2) is 12.9. The average Bonchev–Trinajstić information content (AvgIpc) is 2.63.